The van der Waals surface area contributed by atoms with Crippen LogP contribution in [0.2, 0.25) is 23.7 Å². The van der Waals surface area contributed by atoms with E-state index < -0.39 is 23.1 Å². The van der Waals surface area contributed by atoms with Crippen LogP contribution in [0.3, 0.4) is 0 Å². The molecule has 0 fully saturated rings. The van der Waals surface area contributed by atoms with Crippen LogP contribution in [0.25, 0.3) is 0 Å². The van der Waals surface area contributed by atoms with E-state index >= 15 is 0 Å². The standard InChI is InChI=1S/C6H9O2.3CH3.3Zn/c1-2-3-4-5-6(7)8;;;;;;/h4H,3,5H2,1H3,(H,7,8);3*1H3;;;. The van der Waals surface area contributed by atoms with Crippen molar-refractivity contribution < 1.29 is 61.3 Å². The number of carbonyl (C=O) groups is 1. The van der Waals surface area contributed by atoms with E-state index in [1.54, 1.807) is 0 Å². The molecule has 0 aromatic carbocycles. The first-order valence-electron chi connectivity index (χ1n) is 5.69. The zero-order valence-corrected chi connectivity index (χ0v) is 18.9. The summed E-state index contributed by atoms with van der Waals surface area (Å²) in [6.07, 6.45) is 1.76. The molecule has 0 spiro atoms. The summed E-state index contributed by atoms with van der Waals surface area (Å²) >= 11 is -1.24. The van der Waals surface area contributed by atoms with Gasteiger partial charge >= 0.3 is 111 Å². The average Bonchev–Trinajstić information content (AvgIpc) is 2.16. The van der Waals surface area contributed by atoms with Crippen molar-refractivity contribution in [1.29, 1.82) is 0 Å². The van der Waals surface area contributed by atoms with Gasteiger partial charge < -0.3 is 0 Å². The predicted octanol–water partition coefficient (Wildman–Crippen LogP) is 3.17. The van der Waals surface area contributed by atoms with Crippen LogP contribution < -0.4 is 0 Å². The van der Waals surface area contributed by atoms with E-state index in [0.717, 1.165) is 2.60 Å². The van der Waals surface area contributed by atoms with Crippen molar-refractivity contribution >= 4 is 5.97 Å². The number of aliphatic carboxylic acids is 1. The van der Waals surface area contributed by atoms with Crippen molar-refractivity contribution in [3.05, 3.63) is 0 Å². The third-order valence-corrected chi connectivity index (χ3v) is 26.4. The number of carboxylic acid groups (broad SMARTS) is 1. The molecule has 0 aliphatic heterocycles. The molecular weight excluding hydrogens is 336 g/mol. The average molecular weight is 354 g/mol. The number of hydrogen-bond donors (Lipinski definition) is 1. The Morgan fingerprint density at radius 3 is 2.14 bits per heavy atom. The molecule has 14 heavy (non-hydrogen) atoms. The Bertz CT molecular complexity index is 181. The second kappa shape index (κ2) is 7.59. The van der Waals surface area contributed by atoms with Crippen molar-refractivity contribution in [2.75, 3.05) is 0 Å². The number of carboxylic acids is 1. The van der Waals surface area contributed by atoms with Crippen molar-refractivity contribution in [2.45, 2.75) is 43.4 Å². The Balaban J connectivity index is 4.21. The molecule has 0 heterocycles. The van der Waals surface area contributed by atoms with E-state index in [0.29, 0.717) is 10.9 Å². The molecule has 0 saturated heterocycles. The quantitative estimate of drug-likeness (QED) is 0.713. The van der Waals surface area contributed by atoms with E-state index in [4.69, 9.17) is 5.11 Å². The fourth-order valence-corrected chi connectivity index (χ4v) is 18.1. The predicted molar refractivity (Wildman–Crippen MR) is 46.6 cm³/mol. The zero-order valence-electron chi connectivity index (χ0n) is 9.97. The van der Waals surface area contributed by atoms with E-state index in [2.05, 4.69) is 23.5 Å². The van der Waals surface area contributed by atoms with Gasteiger partial charge in [-0.05, 0) is 0 Å². The van der Waals surface area contributed by atoms with Crippen LogP contribution >= 0.6 is 0 Å². The minimum absolute atomic E-state index is 0.349. The molecule has 1 N–H and O–H groups in total. The first-order valence-corrected chi connectivity index (χ1v) is 19.3. The summed E-state index contributed by atoms with van der Waals surface area (Å²) in [7, 11) is 0. The Morgan fingerprint density at radius 1 is 1.36 bits per heavy atom. The second-order valence-corrected chi connectivity index (χ2v) is 23.3. The number of rotatable bonds is 7. The molecule has 1 atom stereocenters. The van der Waals surface area contributed by atoms with Gasteiger partial charge in [0.05, 0.1) is 0 Å². The first kappa shape index (κ1) is 15.3. The minimum atomic E-state index is -0.572. The van der Waals surface area contributed by atoms with E-state index in [1.807, 2.05) is 0 Å². The van der Waals surface area contributed by atoms with Crippen LogP contribution in [-0.2, 0) is 56.2 Å². The molecule has 1 unspecified atom stereocenters. The molecule has 0 amide bonds. The molecular formula is C9H18O2Zn3. The first-order chi connectivity index (χ1) is 6.47. The Labute approximate surface area is 110 Å². The molecule has 0 radical (unpaired) electrons. The molecule has 0 aliphatic carbocycles. The van der Waals surface area contributed by atoms with Crippen LogP contribution in [0.15, 0.2) is 0 Å². The molecule has 2 nitrogen and oxygen atoms in total. The van der Waals surface area contributed by atoms with E-state index in [-0.39, 0.29) is 34.3 Å². The maximum atomic E-state index is 10.7. The summed E-state index contributed by atoms with van der Waals surface area (Å²) in [4.78, 5) is 10.7. The fraction of sp³-hybridized carbons (Fsp3) is 0.889. The van der Waals surface area contributed by atoms with Crippen molar-refractivity contribution in [3.63, 3.8) is 0 Å². The topological polar surface area (TPSA) is 37.3 Å². The Hall–Kier alpha value is 1.34. The zero-order chi connectivity index (χ0) is 11.2. The van der Waals surface area contributed by atoms with Crippen LogP contribution in [0, 0.1) is 0 Å². The summed E-state index contributed by atoms with van der Waals surface area (Å²) in [6.45, 7) is 2.46. The summed E-state index contributed by atoms with van der Waals surface area (Å²) in [5.74, 6) is -0.572. The SMILES string of the molecule is [CH3][Zn][CH](CC(=O)O)C[C](C)([Zn][CH3])[Zn][CH3]. The third kappa shape index (κ3) is 6.04. The molecule has 0 saturated carbocycles. The second-order valence-electron chi connectivity index (χ2n) is 4.59. The van der Waals surface area contributed by atoms with Gasteiger partial charge in [-0.3, -0.25) is 0 Å². The van der Waals surface area contributed by atoms with Gasteiger partial charge in [0.25, 0.3) is 0 Å². The van der Waals surface area contributed by atoms with Crippen LogP contribution in [0.4, 0.5) is 0 Å². The van der Waals surface area contributed by atoms with Crippen molar-refractivity contribution in [3.8, 4) is 0 Å². The van der Waals surface area contributed by atoms with Crippen molar-refractivity contribution in [2.24, 2.45) is 0 Å². The van der Waals surface area contributed by atoms with Crippen LogP contribution in [0.5, 0.6) is 0 Å². The van der Waals surface area contributed by atoms with Crippen molar-refractivity contribution in [1.82, 2.24) is 0 Å². The van der Waals surface area contributed by atoms with Gasteiger partial charge in [0.15, 0.2) is 0 Å². The molecule has 72 valence electrons. The van der Waals surface area contributed by atoms with E-state index in [9.17, 15) is 4.79 Å². The van der Waals surface area contributed by atoms with Crippen LogP contribution in [0.1, 0.15) is 19.8 Å². The number of hydrogen-bond acceptors (Lipinski definition) is 1. The van der Waals surface area contributed by atoms with Gasteiger partial charge in [0.1, 0.15) is 0 Å². The van der Waals surface area contributed by atoms with Gasteiger partial charge in [0.2, 0.25) is 0 Å². The van der Waals surface area contributed by atoms with E-state index in [1.165, 1.54) is 6.42 Å². The normalized spacial score (nSPS) is 12.3. The Kier molecular flexibility index (Phi) is 8.31. The van der Waals surface area contributed by atoms with Gasteiger partial charge in [-0.1, -0.05) is 0 Å². The molecule has 5 heteroatoms. The molecule has 0 aromatic rings. The summed E-state index contributed by atoms with van der Waals surface area (Å²) in [6, 6.07) is 0. The maximum absolute atomic E-state index is 10.7. The fourth-order valence-electron chi connectivity index (χ4n) is 1.84. The Morgan fingerprint density at radius 2 is 1.86 bits per heavy atom. The summed E-state index contributed by atoms with van der Waals surface area (Å²) < 4.78 is 1.38. The molecule has 0 rings (SSSR count). The monoisotopic (exact) mass is 350 g/mol. The molecule has 0 aromatic heterocycles. The van der Waals surface area contributed by atoms with Gasteiger partial charge in [-0.15, -0.1) is 0 Å². The van der Waals surface area contributed by atoms with Crippen LogP contribution in [-0.4, -0.2) is 11.1 Å². The molecule has 0 aliphatic rings. The summed E-state index contributed by atoms with van der Waals surface area (Å²) in [5.41, 5.74) is 7.21. The van der Waals surface area contributed by atoms with Gasteiger partial charge in [-0.25, -0.2) is 0 Å². The van der Waals surface area contributed by atoms with Gasteiger partial charge in [-0.2, -0.15) is 0 Å². The summed E-state index contributed by atoms with van der Waals surface area (Å²) in [5, 5.41) is 8.82. The van der Waals surface area contributed by atoms with Gasteiger partial charge in [0, 0.05) is 0 Å². The molecule has 0 bridgehead atoms. The third-order valence-electron chi connectivity index (χ3n) is 3.53.